The molecule has 2 aromatic rings. The smallest absolute Gasteiger partial charge is 0.286 e. The van der Waals surface area contributed by atoms with Gasteiger partial charge in [-0.2, -0.15) is 5.10 Å². The minimum Gasteiger partial charge on any atom is -0.337 e. The number of benzene rings is 2. The van der Waals surface area contributed by atoms with Crippen molar-refractivity contribution in [2.45, 2.75) is 37.1 Å². The Morgan fingerprint density at radius 3 is 2.31 bits per heavy atom. The number of para-hydroxylation sites is 1. The number of carbonyl (C=O) groups excluding carboxylic acids is 1. The summed E-state index contributed by atoms with van der Waals surface area (Å²) in [5.41, 5.74) is 1.16. The normalized spacial score (nSPS) is 18.6. The predicted octanol–water partition coefficient (Wildman–Crippen LogP) is 3.34. The maximum Gasteiger partial charge on any atom is 0.286 e. The molecule has 8 heteroatoms. The highest BCUT2D eigenvalue weighted by atomic mass is 32.2. The number of halogens is 1. The topological polar surface area (TPSA) is 70.0 Å². The zero-order chi connectivity index (χ0) is 20.4. The zero-order valence-corrected chi connectivity index (χ0v) is 16.7. The molecule has 0 bridgehead atoms. The molecule has 0 spiro atoms. The molecule has 6 nitrogen and oxygen atoms in total. The highest BCUT2D eigenvalue weighted by Gasteiger charge is 2.39. The van der Waals surface area contributed by atoms with Crippen LogP contribution < -0.4 is 5.01 Å². The van der Waals surface area contributed by atoms with Gasteiger partial charge in [0.2, 0.25) is 14.9 Å². The second-order valence-corrected chi connectivity index (χ2v) is 9.10. The van der Waals surface area contributed by atoms with Crippen LogP contribution in [0.1, 0.15) is 31.2 Å². The molecule has 2 aliphatic rings. The van der Waals surface area contributed by atoms with Gasteiger partial charge >= 0.3 is 0 Å². The zero-order valence-electron chi connectivity index (χ0n) is 15.9. The fraction of sp³-hybridized carbons (Fsp3) is 0.333. The van der Waals surface area contributed by atoms with Crippen LogP contribution in [0.5, 0.6) is 0 Å². The van der Waals surface area contributed by atoms with Crippen LogP contribution in [0.2, 0.25) is 0 Å². The molecule has 2 aromatic carbocycles. The van der Waals surface area contributed by atoms with Gasteiger partial charge in [0.15, 0.2) is 0 Å². The van der Waals surface area contributed by atoms with Crippen LogP contribution in [-0.2, 0) is 21.2 Å². The molecule has 0 radical (unpaired) electrons. The standard InChI is InChI=1S/C21H22FN3O3S/c22-17-11-9-16(10-12-17)15-25-18-7-3-4-8-19(18)29(27,28)20(23-25)21(26)24-13-5-1-2-6-14-24/h3-4,7-12H,1-2,5-6,13-15H2. The summed E-state index contributed by atoms with van der Waals surface area (Å²) >= 11 is 0. The van der Waals surface area contributed by atoms with Crippen LogP contribution in [0.4, 0.5) is 10.1 Å². The van der Waals surface area contributed by atoms with Crippen molar-refractivity contribution >= 4 is 26.5 Å². The second-order valence-electron chi connectivity index (χ2n) is 7.27. The van der Waals surface area contributed by atoms with E-state index in [-0.39, 0.29) is 17.3 Å². The van der Waals surface area contributed by atoms with Crippen molar-refractivity contribution in [1.82, 2.24) is 4.90 Å². The van der Waals surface area contributed by atoms with Gasteiger partial charge in [0.05, 0.1) is 17.1 Å². The highest BCUT2D eigenvalue weighted by Crippen LogP contribution is 2.33. The molecule has 0 saturated carbocycles. The number of rotatable bonds is 3. The maximum atomic E-state index is 13.2. The summed E-state index contributed by atoms with van der Waals surface area (Å²) in [6.07, 6.45) is 3.77. The fourth-order valence-corrected chi connectivity index (χ4v) is 5.15. The summed E-state index contributed by atoms with van der Waals surface area (Å²) in [5.74, 6) is -0.901. The number of sulfone groups is 1. The first kappa shape index (κ1) is 19.6. The number of hydrogen-bond acceptors (Lipinski definition) is 5. The summed E-state index contributed by atoms with van der Waals surface area (Å²) < 4.78 is 39.6. The maximum absolute atomic E-state index is 13.2. The fourth-order valence-electron chi connectivity index (χ4n) is 3.67. The minimum atomic E-state index is -4.02. The van der Waals surface area contributed by atoms with Gasteiger partial charge in [-0.3, -0.25) is 9.80 Å². The average molecular weight is 415 g/mol. The van der Waals surface area contributed by atoms with E-state index in [1.54, 1.807) is 35.2 Å². The molecule has 0 atom stereocenters. The average Bonchev–Trinajstić information content (AvgIpc) is 3.01. The molecule has 0 aromatic heterocycles. The Hall–Kier alpha value is -2.74. The lowest BCUT2D eigenvalue weighted by molar-refractivity contribution is -0.123. The lowest BCUT2D eigenvalue weighted by atomic mass is 10.2. The van der Waals surface area contributed by atoms with Crippen LogP contribution in [0.15, 0.2) is 58.5 Å². The van der Waals surface area contributed by atoms with Crippen molar-refractivity contribution in [1.29, 1.82) is 0 Å². The number of fused-ring (bicyclic) bond motifs is 1. The van der Waals surface area contributed by atoms with Gasteiger partial charge in [0.25, 0.3) is 5.91 Å². The van der Waals surface area contributed by atoms with Crippen molar-refractivity contribution in [2.24, 2.45) is 5.10 Å². The second kappa shape index (κ2) is 7.94. The third kappa shape index (κ3) is 3.89. The SMILES string of the molecule is O=C(C1=NN(Cc2ccc(F)cc2)c2ccccc2S1(=O)=O)N1CCCCCC1. The first-order valence-corrected chi connectivity index (χ1v) is 11.2. The number of hydrazone groups is 1. The van der Waals surface area contributed by atoms with E-state index in [2.05, 4.69) is 5.10 Å². The minimum absolute atomic E-state index is 0.0651. The Kier molecular flexibility index (Phi) is 5.36. The molecular weight excluding hydrogens is 393 g/mol. The van der Waals surface area contributed by atoms with Gasteiger partial charge in [-0.15, -0.1) is 0 Å². The van der Waals surface area contributed by atoms with Gasteiger partial charge in [-0.25, -0.2) is 12.8 Å². The monoisotopic (exact) mass is 415 g/mol. The van der Waals surface area contributed by atoms with E-state index in [9.17, 15) is 17.6 Å². The van der Waals surface area contributed by atoms with E-state index in [0.717, 1.165) is 31.2 Å². The number of amides is 1. The molecular formula is C21H22FN3O3S. The summed E-state index contributed by atoms with van der Waals surface area (Å²) in [7, 11) is -4.02. The van der Waals surface area contributed by atoms with E-state index in [1.165, 1.54) is 23.2 Å². The summed E-state index contributed by atoms with van der Waals surface area (Å²) in [6.45, 7) is 1.30. The van der Waals surface area contributed by atoms with Gasteiger partial charge in [0, 0.05) is 13.1 Å². The summed E-state index contributed by atoms with van der Waals surface area (Å²) in [4.78, 5) is 14.8. The predicted molar refractivity (Wildman–Crippen MR) is 109 cm³/mol. The largest absolute Gasteiger partial charge is 0.337 e. The van der Waals surface area contributed by atoms with Crippen molar-refractivity contribution in [3.05, 3.63) is 59.9 Å². The van der Waals surface area contributed by atoms with Crippen molar-refractivity contribution in [2.75, 3.05) is 18.1 Å². The Morgan fingerprint density at radius 2 is 1.62 bits per heavy atom. The van der Waals surface area contributed by atoms with Crippen molar-refractivity contribution in [3.63, 3.8) is 0 Å². The lowest BCUT2D eigenvalue weighted by Gasteiger charge is -2.29. The third-order valence-corrected chi connectivity index (χ3v) is 6.91. The Bertz CT molecular complexity index is 1040. The number of anilines is 1. The number of nitrogens with zero attached hydrogens (tertiary/aromatic N) is 3. The number of likely N-dealkylation sites (tertiary alicyclic amines) is 1. The summed E-state index contributed by atoms with van der Waals surface area (Å²) in [6, 6.07) is 12.4. The molecule has 0 aliphatic carbocycles. The Balaban J connectivity index is 1.74. The van der Waals surface area contributed by atoms with Gasteiger partial charge < -0.3 is 4.90 Å². The van der Waals surface area contributed by atoms with E-state index in [0.29, 0.717) is 18.8 Å². The van der Waals surface area contributed by atoms with Crippen molar-refractivity contribution < 1.29 is 17.6 Å². The molecule has 1 saturated heterocycles. The van der Waals surface area contributed by atoms with Gasteiger partial charge in [-0.1, -0.05) is 37.1 Å². The van der Waals surface area contributed by atoms with Crippen LogP contribution in [-0.4, -0.2) is 37.4 Å². The molecule has 2 heterocycles. The number of carbonyl (C=O) groups is 1. The van der Waals surface area contributed by atoms with Gasteiger partial charge in [0.1, 0.15) is 5.82 Å². The lowest BCUT2D eigenvalue weighted by Crippen LogP contribution is -2.43. The van der Waals surface area contributed by atoms with E-state index < -0.39 is 20.8 Å². The Labute approximate surface area is 169 Å². The summed E-state index contributed by atoms with van der Waals surface area (Å²) in [5, 5.41) is 5.34. The molecule has 152 valence electrons. The van der Waals surface area contributed by atoms with E-state index in [1.807, 2.05) is 0 Å². The molecule has 2 aliphatic heterocycles. The Morgan fingerprint density at radius 1 is 0.966 bits per heavy atom. The third-order valence-electron chi connectivity index (χ3n) is 5.22. The molecule has 29 heavy (non-hydrogen) atoms. The van der Waals surface area contributed by atoms with Crippen LogP contribution in [0.25, 0.3) is 0 Å². The van der Waals surface area contributed by atoms with E-state index >= 15 is 0 Å². The molecule has 0 N–H and O–H groups in total. The quantitative estimate of drug-likeness (QED) is 0.771. The van der Waals surface area contributed by atoms with E-state index in [4.69, 9.17) is 0 Å². The number of hydrogen-bond donors (Lipinski definition) is 0. The first-order valence-electron chi connectivity index (χ1n) is 9.71. The first-order chi connectivity index (χ1) is 14.0. The molecule has 1 fully saturated rings. The van der Waals surface area contributed by atoms with Crippen LogP contribution in [0, 0.1) is 5.82 Å². The van der Waals surface area contributed by atoms with Gasteiger partial charge in [-0.05, 0) is 42.7 Å². The molecule has 4 rings (SSSR count). The van der Waals surface area contributed by atoms with Crippen LogP contribution in [0.3, 0.4) is 0 Å². The van der Waals surface area contributed by atoms with Crippen molar-refractivity contribution in [3.8, 4) is 0 Å². The highest BCUT2D eigenvalue weighted by molar-refractivity contribution is 8.08. The molecule has 0 unspecified atom stereocenters. The van der Waals surface area contributed by atoms with Crippen LogP contribution >= 0.6 is 0 Å². The molecule has 1 amide bonds.